The number of nitrogen functional groups attached to an aromatic ring is 1. The molecule has 7 heteroatoms. The Hall–Kier alpha value is -3.53. The number of ether oxygens (including phenoxy) is 1. The molecule has 0 unspecified atom stereocenters. The molecule has 3 N–H and O–H groups in total. The summed E-state index contributed by atoms with van der Waals surface area (Å²) in [5, 5.41) is 2.11. The number of anilines is 1. The first-order valence-electron chi connectivity index (χ1n) is 6.61. The van der Waals surface area contributed by atoms with E-state index in [1.165, 1.54) is 0 Å². The number of fused-ring (bicyclic) bond motifs is 1. The van der Waals surface area contributed by atoms with Crippen LogP contribution in [0, 0.1) is 12.3 Å². The van der Waals surface area contributed by atoms with Crippen LogP contribution in [0.4, 0.5) is 5.82 Å². The van der Waals surface area contributed by atoms with E-state index in [-0.39, 0.29) is 23.6 Å². The summed E-state index contributed by atoms with van der Waals surface area (Å²) in [6, 6.07) is 7.69. The van der Waals surface area contributed by atoms with Crippen LogP contribution in [0.2, 0.25) is 0 Å². The molecule has 0 aliphatic carbocycles. The van der Waals surface area contributed by atoms with E-state index in [1.54, 1.807) is 24.3 Å². The van der Waals surface area contributed by atoms with Crippen molar-refractivity contribution in [3.63, 3.8) is 0 Å². The number of para-hydroxylation sites is 2. The van der Waals surface area contributed by atoms with Crippen molar-refractivity contribution in [1.29, 1.82) is 0 Å². The number of rotatable bonds is 3. The Balaban J connectivity index is 2.26. The first kappa shape index (κ1) is 14.4. The van der Waals surface area contributed by atoms with Crippen molar-refractivity contribution in [2.24, 2.45) is 0 Å². The van der Waals surface area contributed by atoms with Gasteiger partial charge in [-0.2, -0.15) is 0 Å². The van der Waals surface area contributed by atoms with Gasteiger partial charge in [-0.25, -0.2) is 0 Å². The van der Waals surface area contributed by atoms with Crippen LogP contribution in [-0.2, 0) is 0 Å². The summed E-state index contributed by atoms with van der Waals surface area (Å²) < 4.78 is 6.51. The van der Waals surface area contributed by atoms with Gasteiger partial charge in [-0.3, -0.25) is 24.3 Å². The highest BCUT2D eigenvalue weighted by molar-refractivity contribution is 6.23. The van der Waals surface area contributed by atoms with Gasteiger partial charge in [0.15, 0.2) is 0 Å². The number of nitrogens with two attached hydrogens (primary N) is 1. The zero-order valence-electron chi connectivity index (χ0n) is 11.8. The number of hydrogen-bond donors (Lipinski definition) is 2. The molecular formula is C16H11N3O4. The maximum absolute atomic E-state index is 12.4. The van der Waals surface area contributed by atoms with Crippen LogP contribution in [-0.4, -0.2) is 23.0 Å². The molecule has 0 atom stereocenters. The number of imide groups is 1. The van der Waals surface area contributed by atoms with E-state index in [0.717, 1.165) is 10.6 Å². The molecular weight excluding hydrogens is 298 g/mol. The summed E-state index contributed by atoms with van der Waals surface area (Å²) in [7, 11) is 0. The molecule has 23 heavy (non-hydrogen) atoms. The predicted octanol–water partition coefficient (Wildman–Crippen LogP) is 0.315. The van der Waals surface area contributed by atoms with E-state index in [4.69, 9.17) is 16.9 Å². The van der Waals surface area contributed by atoms with Crippen molar-refractivity contribution in [2.45, 2.75) is 0 Å². The number of amides is 2. The van der Waals surface area contributed by atoms with Crippen molar-refractivity contribution < 1.29 is 14.3 Å². The first-order chi connectivity index (χ1) is 11.0. The van der Waals surface area contributed by atoms with Gasteiger partial charge in [-0.15, -0.1) is 6.42 Å². The molecule has 0 spiro atoms. The summed E-state index contributed by atoms with van der Waals surface area (Å²) in [5.41, 5.74) is 5.69. The van der Waals surface area contributed by atoms with Crippen LogP contribution in [0.3, 0.4) is 0 Å². The largest absolute Gasteiger partial charge is 0.479 e. The molecule has 0 saturated carbocycles. The summed E-state index contributed by atoms with van der Waals surface area (Å²) in [4.78, 5) is 35.9. The molecule has 2 aromatic rings. The van der Waals surface area contributed by atoms with Crippen molar-refractivity contribution in [2.75, 3.05) is 12.3 Å². The van der Waals surface area contributed by atoms with Gasteiger partial charge in [-0.05, 0) is 12.1 Å². The van der Waals surface area contributed by atoms with E-state index >= 15 is 0 Å². The maximum Gasteiger partial charge on any atom is 0.262 e. The molecule has 0 fully saturated rings. The van der Waals surface area contributed by atoms with Crippen LogP contribution in [0.25, 0.3) is 5.69 Å². The van der Waals surface area contributed by atoms with E-state index < -0.39 is 17.4 Å². The second-order valence-corrected chi connectivity index (χ2v) is 4.74. The molecule has 1 aromatic carbocycles. The third-order valence-corrected chi connectivity index (χ3v) is 3.37. The van der Waals surface area contributed by atoms with Gasteiger partial charge < -0.3 is 10.5 Å². The number of carbonyl (C=O) groups is 2. The smallest absolute Gasteiger partial charge is 0.262 e. The third-order valence-electron chi connectivity index (χ3n) is 3.37. The number of nitrogens with one attached hydrogen (secondary N) is 1. The minimum Gasteiger partial charge on any atom is -0.479 e. The lowest BCUT2D eigenvalue weighted by Gasteiger charge is -2.15. The Labute approximate surface area is 130 Å². The minimum atomic E-state index is -0.641. The maximum atomic E-state index is 12.4. The second-order valence-electron chi connectivity index (χ2n) is 4.74. The van der Waals surface area contributed by atoms with Gasteiger partial charge in [-0.1, -0.05) is 18.1 Å². The summed E-state index contributed by atoms with van der Waals surface area (Å²) >= 11 is 0. The molecule has 2 amide bonds. The molecule has 1 aliphatic rings. The van der Waals surface area contributed by atoms with Gasteiger partial charge in [0.25, 0.3) is 17.4 Å². The molecule has 114 valence electrons. The average molecular weight is 309 g/mol. The first-order valence-corrected chi connectivity index (χ1v) is 6.61. The zero-order chi connectivity index (χ0) is 16.6. The van der Waals surface area contributed by atoms with E-state index in [1.807, 2.05) is 0 Å². The lowest BCUT2D eigenvalue weighted by Crippen LogP contribution is -2.24. The zero-order valence-corrected chi connectivity index (χ0v) is 11.8. The lowest BCUT2D eigenvalue weighted by atomic mass is 10.1. The minimum absolute atomic E-state index is 0.00951. The number of pyridine rings is 1. The van der Waals surface area contributed by atoms with Crippen molar-refractivity contribution in [1.82, 2.24) is 9.88 Å². The molecule has 2 heterocycles. The van der Waals surface area contributed by atoms with E-state index in [2.05, 4.69) is 11.2 Å². The van der Waals surface area contributed by atoms with Crippen LogP contribution >= 0.6 is 0 Å². The standard InChI is InChI=1S/C16H11N3O4/c1-2-7-23-11-6-4-3-5-10(11)19-12(20)8-9-13(14(19)17)16(22)18-15(9)21/h1,3-6,8H,7,17H2,(H,18,21,22). The molecule has 1 aromatic heterocycles. The summed E-state index contributed by atoms with van der Waals surface area (Å²) in [6.45, 7) is 0.00951. The number of terminal acetylenes is 1. The monoisotopic (exact) mass is 309 g/mol. The second kappa shape index (κ2) is 5.35. The molecule has 0 saturated heterocycles. The number of benzene rings is 1. The number of hydrogen-bond acceptors (Lipinski definition) is 5. The quantitative estimate of drug-likeness (QED) is 0.627. The van der Waals surface area contributed by atoms with E-state index in [0.29, 0.717) is 11.4 Å². The average Bonchev–Trinajstić information content (AvgIpc) is 2.80. The fraction of sp³-hybridized carbons (Fsp3) is 0.0625. The molecule has 3 rings (SSSR count). The fourth-order valence-electron chi connectivity index (χ4n) is 2.41. The van der Waals surface area contributed by atoms with Gasteiger partial charge in [0, 0.05) is 6.07 Å². The van der Waals surface area contributed by atoms with Crippen LogP contribution in [0.5, 0.6) is 5.75 Å². The highest BCUT2D eigenvalue weighted by atomic mass is 16.5. The lowest BCUT2D eigenvalue weighted by molar-refractivity contribution is 0.0880. The molecule has 1 aliphatic heterocycles. The van der Waals surface area contributed by atoms with Crippen molar-refractivity contribution >= 4 is 17.6 Å². The highest BCUT2D eigenvalue weighted by Gasteiger charge is 2.32. The Morgan fingerprint density at radius 2 is 1.96 bits per heavy atom. The van der Waals surface area contributed by atoms with E-state index in [9.17, 15) is 14.4 Å². The molecule has 7 nitrogen and oxygen atoms in total. The Kier molecular flexibility index (Phi) is 3.35. The SMILES string of the molecule is C#CCOc1ccccc1-n1c(N)c2c(cc1=O)C(=O)NC2=O. The predicted molar refractivity (Wildman–Crippen MR) is 82.6 cm³/mol. The molecule has 0 radical (unpaired) electrons. The summed E-state index contributed by atoms with van der Waals surface area (Å²) in [6.07, 6.45) is 5.17. The Morgan fingerprint density at radius 1 is 1.22 bits per heavy atom. The van der Waals surface area contributed by atoms with Crippen molar-refractivity contribution in [3.05, 3.63) is 51.8 Å². The summed E-state index contributed by atoms with van der Waals surface area (Å²) in [5.74, 6) is 1.25. The van der Waals surface area contributed by atoms with Gasteiger partial charge in [0.05, 0.1) is 16.8 Å². The Bertz CT molecular complexity index is 937. The topological polar surface area (TPSA) is 103 Å². The van der Waals surface area contributed by atoms with Crippen LogP contribution in [0.1, 0.15) is 20.7 Å². The van der Waals surface area contributed by atoms with Gasteiger partial charge in [0.2, 0.25) is 0 Å². The normalized spacial score (nSPS) is 12.5. The van der Waals surface area contributed by atoms with Crippen molar-refractivity contribution in [3.8, 4) is 23.8 Å². The number of aromatic nitrogens is 1. The van der Waals surface area contributed by atoms with Gasteiger partial charge >= 0.3 is 0 Å². The highest BCUT2D eigenvalue weighted by Crippen LogP contribution is 2.27. The van der Waals surface area contributed by atoms with Crippen LogP contribution < -0.4 is 21.3 Å². The number of carbonyl (C=O) groups excluding carboxylic acids is 2. The third kappa shape index (κ3) is 2.22. The Morgan fingerprint density at radius 3 is 2.70 bits per heavy atom. The molecule has 0 bridgehead atoms. The fourth-order valence-corrected chi connectivity index (χ4v) is 2.41. The number of nitrogens with zero attached hydrogens (tertiary/aromatic N) is 1. The van der Waals surface area contributed by atoms with Gasteiger partial charge in [0.1, 0.15) is 18.2 Å². The van der Waals surface area contributed by atoms with Crippen LogP contribution in [0.15, 0.2) is 35.1 Å².